The number of benzene rings is 1. The highest BCUT2D eigenvalue weighted by Gasteiger charge is 2.18. The van der Waals surface area contributed by atoms with Crippen LogP contribution in [0.15, 0.2) is 29.2 Å². The van der Waals surface area contributed by atoms with Crippen LogP contribution in [0, 0.1) is 22.0 Å². The van der Waals surface area contributed by atoms with Crippen LogP contribution in [-0.2, 0) is 14.3 Å². The third kappa shape index (κ3) is 3.84. The number of nitrogens with zero attached hydrogens (tertiary/aromatic N) is 1. The summed E-state index contributed by atoms with van der Waals surface area (Å²) in [6.45, 7) is 1.56. The standard InChI is InChI=1S/C11H11NO5S/c1-2-3-4-8-17-18(15,16)11-7-5-6-10(9-11)12(13)14/h5-7,9H,4,8H2,1H3. The lowest BCUT2D eigenvalue weighted by atomic mass is 10.3. The number of hydrogen-bond donors (Lipinski definition) is 0. The predicted octanol–water partition coefficient (Wildman–Crippen LogP) is 1.71. The fourth-order valence-electron chi connectivity index (χ4n) is 1.15. The summed E-state index contributed by atoms with van der Waals surface area (Å²) in [5.41, 5.74) is -0.298. The second kappa shape index (κ2) is 6.14. The van der Waals surface area contributed by atoms with Crippen molar-refractivity contribution in [2.45, 2.75) is 18.2 Å². The Labute approximate surface area is 105 Å². The molecule has 0 aromatic heterocycles. The van der Waals surface area contributed by atoms with Gasteiger partial charge in [-0.25, -0.2) is 0 Å². The smallest absolute Gasteiger partial charge is 0.265 e. The third-order valence-corrected chi connectivity index (χ3v) is 3.27. The van der Waals surface area contributed by atoms with Crippen LogP contribution >= 0.6 is 0 Å². The normalized spacial score (nSPS) is 10.5. The average Bonchev–Trinajstić information content (AvgIpc) is 2.35. The highest BCUT2D eigenvalue weighted by Crippen LogP contribution is 2.19. The van der Waals surface area contributed by atoms with Crippen molar-refractivity contribution in [2.75, 3.05) is 6.61 Å². The molecule has 0 aliphatic rings. The van der Waals surface area contributed by atoms with Crippen molar-refractivity contribution < 1.29 is 17.5 Å². The van der Waals surface area contributed by atoms with Crippen molar-refractivity contribution in [1.29, 1.82) is 0 Å². The first-order chi connectivity index (χ1) is 8.47. The summed E-state index contributed by atoms with van der Waals surface area (Å²) < 4.78 is 28.1. The Bertz CT molecular complexity index is 597. The molecule has 1 aromatic carbocycles. The summed E-state index contributed by atoms with van der Waals surface area (Å²) >= 11 is 0. The molecule has 0 heterocycles. The van der Waals surface area contributed by atoms with E-state index in [9.17, 15) is 18.5 Å². The Hall–Kier alpha value is -1.91. The summed E-state index contributed by atoms with van der Waals surface area (Å²) in [4.78, 5) is 9.63. The molecule has 1 rings (SSSR count). The van der Waals surface area contributed by atoms with Crippen molar-refractivity contribution in [3.8, 4) is 11.8 Å². The molecule has 0 saturated carbocycles. The van der Waals surface area contributed by atoms with Crippen LogP contribution in [0.4, 0.5) is 5.69 Å². The third-order valence-electron chi connectivity index (χ3n) is 1.96. The van der Waals surface area contributed by atoms with Crippen LogP contribution in [0.1, 0.15) is 13.3 Å². The zero-order valence-electron chi connectivity index (χ0n) is 9.62. The lowest BCUT2D eigenvalue weighted by molar-refractivity contribution is -0.385. The van der Waals surface area contributed by atoms with Crippen molar-refractivity contribution in [1.82, 2.24) is 0 Å². The zero-order valence-corrected chi connectivity index (χ0v) is 10.4. The van der Waals surface area contributed by atoms with Crippen LogP contribution in [0.5, 0.6) is 0 Å². The van der Waals surface area contributed by atoms with E-state index >= 15 is 0 Å². The summed E-state index contributed by atoms with van der Waals surface area (Å²) in [6, 6.07) is 4.70. The fourth-order valence-corrected chi connectivity index (χ4v) is 2.10. The summed E-state index contributed by atoms with van der Waals surface area (Å²) in [5, 5.41) is 10.5. The molecule has 0 aliphatic heterocycles. The van der Waals surface area contributed by atoms with E-state index in [1.165, 1.54) is 18.2 Å². The number of non-ortho nitro benzene ring substituents is 1. The van der Waals surface area contributed by atoms with Gasteiger partial charge in [-0.05, 0) is 13.0 Å². The van der Waals surface area contributed by atoms with Gasteiger partial charge in [0.25, 0.3) is 15.8 Å². The molecule has 0 spiro atoms. The molecule has 18 heavy (non-hydrogen) atoms. The molecule has 0 amide bonds. The quantitative estimate of drug-likeness (QED) is 0.267. The predicted molar refractivity (Wildman–Crippen MR) is 64.3 cm³/mol. The largest absolute Gasteiger partial charge is 0.297 e. The second-order valence-electron chi connectivity index (χ2n) is 3.21. The Kier molecular flexibility index (Phi) is 4.83. The molecule has 0 fully saturated rings. The van der Waals surface area contributed by atoms with Crippen LogP contribution in [0.25, 0.3) is 0 Å². The lowest BCUT2D eigenvalue weighted by Crippen LogP contribution is -2.07. The summed E-state index contributed by atoms with van der Waals surface area (Å²) in [7, 11) is -3.97. The van der Waals surface area contributed by atoms with Crippen molar-refractivity contribution in [3.05, 3.63) is 34.4 Å². The van der Waals surface area contributed by atoms with Gasteiger partial charge < -0.3 is 0 Å². The van der Waals surface area contributed by atoms with Gasteiger partial charge in [0.1, 0.15) is 4.90 Å². The van der Waals surface area contributed by atoms with Gasteiger partial charge in [0.15, 0.2) is 0 Å². The number of nitro benzene ring substituents is 1. The minimum absolute atomic E-state index is 0.0775. The summed E-state index contributed by atoms with van der Waals surface area (Å²) in [6.07, 6.45) is 0.282. The topological polar surface area (TPSA) is 86.5 Å². The number of nitro groups is 1. The molecule has 0 bridgehead atoms. The Morgan fingerprint density at radius 1 is 1.44 bits per heavy atom. The second-order valence-corrected chi connectivity index (χ2v) is 4.82. The van der Waals surface area contributed by atoms with E-state index in [0.717, 1.165) is 6.07 Å². The van der Waals surface area contributed by atoms with Gasteiger partial charge in [-0.15, -0.1) is 11.8 Å². The number of hydrogen-bond acceptors (Lipinski definition) is 5. The maximum Gasteiger partial charge on any atom is 0.297 e. The molecule has 1 aromatic rings. The van der Waals surface area contributed by atoms with E-state index in [-0.39, 0.29) is 23.6 Å². The SMILES string of the molecule is CC#CCCOS(=O)(=O)c1cccc([N+](=O)[O-])c1. The highest BCUT2D eigenvalue weighted by molar-refractivity contribution is 7.86. The van der Waals surface area contributed by atoms with Crippen LogP contribution in [0.2, 0.25) is 0 Å². The monoisotopic (exact) mass is 269 g/mol. The van der Waals surface area contributed by atoms with E-state index in [2.05, 4.69) is 11.8 Å². The first-order valence-electron chi connectivity index (χ1n) is 5.01. The zero-order chi connectivity index (χ0) is 13.6. The first kappa shape index (κ1) is 14.2. The van der Waals surface area contributed by atoms with Crippen LogP contribution in [-0.4, -0.2) is 19.9 Å². The van der Waals surface area contributed by atoms with Crippen molar-refractivity contribution in [3.63, 3.8) is 0 Å². The van der Waals surface area contributed by atoms with Crippen molar-refractivity contribution >= 4 is 15.8 Å². The maximum atomic E-state index is 11.7. The van der Waals surface area contributed by atoms with Gasteiger partial charge in [-0.1, -0.05) is 6.07 Å². The van der Waals surface area contributed by atoms with E-state index in [1.807, 2.05) is 0 Å². The van der Waals surface area contributed by atoms with Crippen LogP contribution in [0.3, 0.4) is 0 Å². The average molecular weight is 269 g/mol. The van der Waals surface area contributed by atoms with Gasteiger partial charge >= 0.3 is 0 Å². The molecular formula is C11H11NO5S. The molecule has 6 nitrogen and oxygen atoms in total. The van der Waals surface area contributed by atoms with E-state index in [0.29, 0.717) is 0 Å². The molecule has 0 saturated heterocycles. The molecule has 0 unspecified atom stereocenters. The Balaban J connectivity index is 2.86. The van der Waals surface area contributed by atoms with Crippen molar-refractivity contribution in [2.24, 2.45) is 0 Å². The Morgan fingerprint density at radius 2 is 2.17 bits per heavy atom. The minimum Gasteiger partial charge on any atom is -0.265 e. The molecule has 96 valence electrons. The minimum atomic E-state index is -3.97. The first-order valence-corrected chi connectivity index (χ1v) is 6.41. The van der Waals surface area contributed by atoms with Gasteiger partial charge in [0.05, 0.1) is 11.5 Å². The molecule has 0 N–H and O–H groups in total. The lowest BCUT2D eigenvalue weighted by Gasteiger charge is -2.03. The molecular weight excluding hydrogens is 258 g/mol. The highest BCUT2D eigenvalue weighted by atomic mass is 32.2. The number of rotatable bonds is 5. The van der Waals surface area contributed by atoms with E-state index in [4.69, 9.17) is 4.18 Å². The van der Waals surface area contributed by atoms with Gasteiger partial charge in [0, 0.05) is 18.6 Å². The Morgan fingerprint density at radius 3 is 2.78 bits per heavy atom. The molecule has 0 atom stereocenters. The van der Waals surface area contributed by atoms with Crippen LogP contribution < -0.4 is 0 Å². The fraction of sp³-hybridized carbons (Fsp3) is 0.273. The molecule has 7 heteroatoms. The van der Waals surface area contributed by atoms with E-state index in [1.54, 1.807) is 6.92 Å². The van der Waals surface area contributed by atoms with E-state index < -0.39 is 15.0 Å². The molecule has 0 radical (unpaired) electrons. The van der Waals surface area contributed by atoms with Gasteiger partial charge in [-0.3, -0.25) is 14.3 Å². The summed E-state index contributed by atoms with van der Waals surface area (Å²) in [5.74, 6) is 5.26. The maximum absolute atomic E-state index is 11.7. The molecule has 0 aliphatic carbocycles. The van der Waals surface area contributed by atoms with Gasteiger partial charge in [0.2, 0.25) is 0 Å². The van der Waals surface area contributed by atoms with Gasteiger partial charge in [-0.2, -0.15) is 8.42 Å².